The van der Waals surface area contributed by atoms with Gasteiger partial charge < -0.3 is 10.6 Å². The van der Waals surface area contributed by atoms with E-state index in [1.165, 1.54) is 6.42 Å². The lowest BCUT2D eigenvalue weighted by Crippen LogP contribution is -2.36. The van der Waals surface area contributed by atoms with Crippen molar-refractivity contribution in [2.24, 2.45) is 10.7 Å². The van der Waals surface area contributed by atoms with Gasteiger partial charge in [0.05, 0.1) is 5.54 Å². The second-order valence-corrected chi connectivity index (χ2v) is 4.42. The number of unbranched alkanes of at least 4 members (excludes halogenated alkanes) is 1. The maximum Gasteiger partial charge on any atom is 0.191 e. The molecule has 0 bridgehead atoms. The molecular weight excluding hydrogens is 162 g/mol. The van der Waals surface area contributed by atoms with Crippen molar-refractivity contribution in [2.75, 3.05) is 13.6 Å². The summed E-state index contributed by atoms with van der Waals surface area (Å²) in [6.45, 7) is 9.31. The molecule has 0 aromatic carbocycles. The fourth-order valence-corrected chi connectivity index (χ4v) is 0.939. The van der Waals surface area contributed by atoms with E-state index in [1.54, 1.807) is 0 Å². The summed E-state index contributed by atoms with van der Waals surface area (Å²) in [5, 5.41) is 0. The highest BCUT2D eigenvalue weighted by atomic mass is 15.2. The van der Waals surface area contributed by atoms with E-state index < -0.39 is 0 Å². The molecule has 3 heteroatoms. The molecule has 0 amide bonds. The molecule has 0 saturated carbocycles. The van der Waals surface area contributed by atoms with Crippen molar-refractivity contribution in [3.05, 3.63) is 0 Å². The molecule has 0 radical (unpaired) electrons. The molecule has 0 unspecified atom stereocenters. The van der Waals surface area contributed by atoms with Crippen molar-refractivity contribution in [1.29, 1.82) is 0 Å². The summed E-state index contributed by atoms with van der Waals surface area (Å²) >= 11 is 0. The quantitative estimate of drug-likeness (QED) is 0.538. The lowest BCUT2D eigenvalue weighted by atomic mass is 10.1. The molecule has 78 valence electrons. The third kappa shape index (κ3) is 6.43. The fraction of sp³-hybridized carbons (Fsp3) is 0.900. The number of nitrogens with zero attached hydrogens (tertiary/aromatic N) is 2. The van der Waals surface area contributed by atoms with Crippen molar-refractivity contribution in [3.63, 3.8) is 0 Å². The van der Waals surface area contributed by atoms with Gasteiger partial charge in [-0.2, -0.15) is 0 Å². The minimum absolute atomic E-state index is 0.0788. The highest BCUT2D eigenvalue weighted by Crippen LogP contribution is 2.06. The van der Waals surface area contributed by atoms with Crippen LogP contribution in [0.3, 0.4) is 0 Å². The smallest absolute Gasteiger partial charge is 0.191 e. The summed E-state index contributed by atoms with van der Waals surface area (Å²) < 4.78 is 0. The van der Waals surface area contributed by atoms with E-state index in [9.17, 15) is 0 Å². The number of rotatable bonds is 3. The van der Waals surface area contributed by atoms with Crippen molar-refractivity contribution in [1.82, 2.24) is 4.90 Å². The zero-order chi connectivity index (χ0) is 10.5. The molecule has 0 fully saturated rings. The minimum atomic E-state index is -0.0788. The van der Waals surface area contributed by atoms with Crippen LogP contribution in [-0.4, -0.2) is 30.0 Å². The highest BCUT2D eigenvalue weighted by molar-refractivity contribution is 5.78. The molecule has 0 aliphatic carbocycles. The Balaban J connectivity index is 4.08. The standard InChI is InChI=1S/C10H23N3/c1-6-7-8-13(5)9(11)12-10(2,3)4/h6-8H2,1-5H3,(H2,11,12). The molecule has 0 spiro atoms. The van der Waals surface area contributed by atoms with Crippen molar-refractivity contribution in [2.45, 2.75) is 46.1 Å². The SMILES string of the molecule is CCCCN(C)C(N)=NC(C)(C)C. The van der Waals surface area contributed by atoms with E-state index in [-0.39, 0.29) is 5.54 Å². The topological polar surface area (TPSA) is 41.6 Å². The highest BCUT2D eigenvalue weighted by Gasteiger charge is 2.09. The Morgan fingerprint density at radius 3 is 2.31 bits per heavy atom. The first-order chi connectivity index (χ1) is 5.87. The Bertz CT molecular complexity index is 167. The Kier molecular flexibility index (Phi) is 4.81. The molecule has 0 aromatic rings. The predicted molar refractivity (Wildman–Crippen MR) is 58.9 cm³/mol. The van der Waals surface area contributed by atoms with Crippen LogP contribution in [0.1, 0.15) is 40.5 Å². The summed E-state index contributed by atoms with van der Waals surface area (Å²) in [5.41, 5.74) is 5.74. The molecule has 0 aromatic heterocycles. The van der Waals surface area contributed by atoms with E-state index in [1.807, 2.05) is 32.7 Å². The summed E-state index contributed by atoms with van der Waals surface area (Å²) in [4.78, 5) is 6.39. The number of hydrogen-bond donors (Lipinski definition) is 1. The zero-order valence-electron chi connectivity index (χ0n) is 9.59. The van der Waals surface area contributed by atoms with Crippen LogP contribution in [0, 0.1) is 0 Å². The molecule has 13 heavy (non-hydrogen) atoms. The molecule has 0 saturated heterocycles. The number of aliphatic imine (C=N–C) groups is 1. The maximum atomic E-state index is 5.82. The summed E-state index contributed by atoms with van der Waals surface area (Å²) in [6.07, 6.45) is 2.35. The molecule has 0 aliphatic heterocycles. The van der Waals surface area contributed by atoms with Crippen LogP contribution in [0.5, 0.6) is 0 Å². The first-order valence-electron chi connectivity index (χ1n) is 4.93. The van der Waals surface area contributed by atoms with Crippen LogP contribution in [0.2, 0.25) is 0 Å². The Morgan fingerprint density at radius 1 is 1.38 bits per heavy atom. The van der Waals surface area contributed by atoms with Crippen molar-refractivity contribution in [3.8, 4) is 0 Å². The second kappa shape index (κ2) is 5.10. The average Bonchev–Trinajstić information content (AvgIpc) is 1.96. The van der Waals surface area contributed by atoms with Gasteiger partial charge in [0, 0.05) is 13.6 Å². The first kappa shape index (κ1) is 12.3. The van der Waals surface area contributed by atoms with E-state index in [0.717, 1.165) is 13.0 Å². The van der Waals surface area contributed by atoms with Gasteiger partial charge in [-0.05, 0) is 27.2 Å². The maximum absolute atomic E-state index is 5.82. The van der Waals surface area contributed by atoms with Crippen molar-refractivity contribution < 1.29 is 0 Å². The molecular formula is C10H23N3. The number of guanidine groups is 1. The Hall–Kier alpha value is -0.730. The third-order valence-corrected chi connectivity index (χ3v) is 1.69. The summed E-state index contributed by atoms with van der Waals surface area (Å²) in [7, 11) is 1.99. The number of nitrogens with two attached hydrogens (primary N) is 1. The van der Waals surface area contributed by atoms with Crippen LogP contribution in [-0.2, 0) is 0 Å². The first-order valence-corrected chi connectivity index (χ1v) is 4.93. The van der Waals surface area contributed by atoms with Gasteiger partial charge in [-0.1, -0.05) is 13.3 Å². The van der Waals surface area contributed by atoms with Crippen molar-refractivity contribution >= 4 is 5.96 Å². The van der Waals surface area contributed by atoms with Gasteiger partial charge in [-0.25, -0.2) is 4.99 Å². The largest absolute Gasteiger partial charge is 0.370 e. The van der Waals surface area contributed by atoms with Crippen LogP contribution < -0.4 is 5.73 Å². The summed E-state index contributed by atoms with van der Waals surface area (Å²) in [6, 6.07) is 0. The van der Waals surface area contributed by atoms with E-state index in [4.69, 9.17) is 5.73 Å². The van der Waals surface area contributed by atoms with Gasteiger partial charge in [0.2, 0.25) is 0 Å². The van der Waals surface area contributed by atoms with Gasteiger partial charge in [-0.3, -0.25) is 0 Å². The van der Waals surface area contributed by atoms with Gasteiger partial charge in [0.1, 0.15) is 0 Å². The predicted octanol–water partition coefficient (Wildman–Crippen LogP) is 1.83. The third-order valence-electron chi connectivity index (χ3n) is 1.69. The Labute approximate surface area is 82.0 Å². The second-order valence-electron chi connectivity index (χ2n) is 4.42. The van der Waals surface area contributed by atoms with Gasteiger partial charge >= 0.3 is 0 Å². The van der Waals surface area contributed by atoms with Crippen LogP contribution in [0.4, 0.5) is 0 Å². The number of hydrogen-bond acceptors (Lipinski definition) is 1. The van der Waals surface area contributed by atoms with Gasteiger partial charge in [0.15, 0.2) is 5.96 Å². The average molecular weight is 185 g/mol. The molecule has 3 nitrogen and oxygen atoms in total. The molecule has 0 rings (SSSR count). The van der Waals surface area contributed by atoms with E-state index >= 15 is 0 Å². The van der Waals surface area contributed by atoms with Gasteiger partial charge in [-0.15, -0.1) is 0 Å². The molecule has 0 atom stereocenters. The normalized spacial score (nSPS) is 13.2. The van der Waals surface area contributed by atoms with Crippen LogP contribution in [0.25, 0.3) is 0 Å². The molecule has 0 heterocycles. The van der Waals surface area contributed by atoms with E-state index in [0.29, 0.717) is 5.96 Å². The lowest BCUT2D eigenvalue weighted by molar-refractivity contribution is 0.464. The van der Waals surface area contributed by atoms with E-state index in [2.05, 4.69) is 11.9 Å². The summed E-state index contributed by atoms with van der Waals surface area (Å²) in [5.74, 6) is 0.640. The lowest BCUT2D eigenvalue weighted by Gasteiger charge is -2.21. The zero-order valence-corrected chi connectivity index (χ0v) is 9.59. The Morgan fingerprint density at radius 2 is 1.92 bits per heavy atom. The van der Waals surface area contributed by atoms with Crippen LogP contribution in [0.15, 0.2) is 4.99 Å². The molecule has 0 aliphatic rings. The molecule has 2 N–H and O–H groups in total. The fourth-order valence-electron chi connectivity index (χ4n) is 0.939. The minimum Gasteiger partial charge on any atom is -0.370 e. The van der Waals surface area contributed by atoms with Gasteiger partial charge in [0.25, 0.3) is 0 Å². The monoisotopic (exact) mass is 185 g/mol. The van der Waals surface area contributed by atoms with Crippen LogP contribution >= 0.6 is 0 Å².